The van der Waals surface area contributed by atoms with Crippen molar-refractivity contribution in [2.45, 2.75) is 25.8 Å². The lowest BCUT2D eigenvalue weighted by atomic mass is 10.1. The lowest BCUT2D eigenvalue weighted by Gasteiger charge is -2.23. The van der Waals surface area contributed by atoms with Crippen LogP contribution in [0.5, 0.6) is 11.5 Å². The third-order valence-electron chi connectivity index (χ3n) is 4.89. The summed E-state index contributed by atoms with van der Waals surface area (Å²) in [5.74, 6) is -0.287. The van der Waals surface area contributed by atoms with E-state index in [0.717, 1.165) is 11.1 Å². The largest absolute Gasteiger partial charge is 0.493 e. The lowest BCUT2D eigenvalue weighted by molar-refractivity contribution is -0.146. The summed E-state index contributed by atoms with van der Waals surface area (Å²) in [6, 6.07) is 13.8. The van der Waals surface area contributed by atoms with Crippen molar-refractivity contribution < 1.29 is 23.9 Å². The molecule has 0 fully saturated rings. The Bertz CT molecular complexity index is 882. The van der Waals surface area contributed by atoms with E-state index in [1.807, 2.05) is 36.4 Å². The number of amides is 2. The zero-order valence-electron chi connectivity index (χ0n) is 17.8. The topological polar surface area (TPSA) is 84.9 Å². The minimum absolute atomic E-state index is 0.0116. The van der Waals surface area contributed by atoms with Gasteiger partial charge >= 0.3 is 0 Å². The Kier molecular flexibility index (Phi) is 8.41. The second-order valence-corrected chi connectivity index (χ2v) is 6.91. The molecule has 0 saturated heterocycles. The van der Waals surface area contributed by atoms with Gasteiger partial charge in [-0.15, -0.1) is 0 Å². The third kappa shape index (κ3) is 6.07. The average molecular weight is 412 g/mol. The van der Waals surface area contributed by atoms with Gasteiger partial charge in [-0.05, 0) is 36.6 Å². The maximum atomic E-state index is 12.4. The number of benzene rings is 2. The van der Waals surface area contributed by atoms with Crippen LogP contribution in [0.2, 0.25) is 0 Å². The maximum Gasteiger partial charge on any atom is 0.290 e. The zero-order chi connectivity index (χ0) is 22.1. The summed E-state index contributed by atoms with van der Waals surface area (Å²) in [7, 11) is 4.60. The predicted molar refractivity (Wildman–Crippen MR) is 114 cm³/mol. The van der Waals surface area contributed by atoms with Gasteiger partial charge in [-0.3, -0.25) is 14.4 Å². The number of ketones is 1. The van der Waals surface area contributed by atoms with Crippen LogP contribution in [0.15, 0.2) is 48.5 Å². The Labute approximate surface area is 177 Å². The minimum atomic E-state index is -0.761. The first kappa shape index (κ1) is 22.9. The van der Waals surface area contributed by atoms with Crippen LogP contribution < -0.4 is 14.8 Å². The van der Waals surface area contributed by atoms with E-state index in [4.69, 9.17) is 9.47 Å². The highest BCUT2D eigenvalue weighted by molar-refractivity contribution is 6.36. The van der Waals surface area contributed by atoms with E-state index in [1.165, 1.54) is 11.9 Å². The van der Waals surface area contributed by atoms with E-state index in [0.29, 0.717) is 24.5 Å². The van der Waals surface area contributed by atoms with Gasteiger partial charge in [0.1, 0.15) is 6.04 Å². The molecule has 2 amide bonds. The smallest absolute Gasteiger partial charge is 0.290 e. The van der Waals surface area contributed by atoms with Gasteiger partial charge in [-0.1, -0.05) is 36.4 Å². The molecule has 0 unspecified atom stereocenters. The van der Waals surface area contributed by atoms with Crippen molar-refractivity contribution >= 4 is 17.6 Å². The first-order valence-corrected chi connectivity index (χ1v) is 9.70. The number of ether oxygens (including phenoxy) is 2. The molecule has 2 aromatic rings. The number of likely N-dealkylation sites (N-methyl/N-ethyl adjacent to an activating group) is 1. The Morgan fingerprint density at radius 1 is 0.967 bits per heavy atom. The molecule has 2 aromatic carbocycles. The van der Waals surface area contributed by atoms with Crippen LogP contribution in [0.25, 0.3) is 0 Å². The van der Waals surface area contributed by atoms with Gasteiger partial charge in [-0.2, -0.15) is 0 Å². The van der Waals surface area contributed by atoms with Crippen molar-refractivity contribution in [3.63, 3.8) is 0 Å². The molecular weight excluding hydrogens is 384 g/mol. The molecule has 1 N–H and O–H groups in total. The predicted octanol–water partition coefficient (Wildman–Crippen LogP) is 2.02. The molecule has 2 rings (SSSR count). The standard InChI is InChI=1S/C23H28N2O5/c1-16(25(2)23(28)19(26)14-17-8-6-5-7-9-17)22(27)24-13-12-18-10-11-20(29-3)21(15-18)30-4/h5-11,15-16H,12-14H2,1-4H3,(H,24,27)/t16-/m0/s1. The summed E-state index contributed by atoms with van der Waals surface area (Å²) in [6.45, 7) is 1.98. The SMILES string of the molecule is COc1ccc(CCNC(=O)[C@H](C)N(C)C(=O)C(=O)Cc2ccccc2)cc1OC. The molecule has 30 heavy (non-hydrogen) atoms. The second-order valence-electron chi connectivity index (χ2n) is 6.91. The van der Waals surface area contributed by atoms with Crippen molar-refractivity contribution in [2.75, 3.05) is 27.8 Å². The van der Waals surface area contributed by atoms with Gasteiger partial charge in [0.15, 0.2) is 11.5 Å². The molecule has 0 bridgehead atoms. The minimum Gasteiger partial charge on any atom is -0.493 e. The summed E-state index contributed by atoms with van der Waals surface area (Å²) in [5, 5.41) is 2.81. The van der Waals surface area contributed by atoms with E-state index in [9.17, 15) is 14.4 Å². The van der Waals surface area contributed by atoms with Crippen molar-refractivity contribution in [3.05, 3.63) is 59.7 Å². The second kappa shape index (κ2) is 11.0. The van der Waals surface area contributed by atoms with E-state index >= 15 is 0 Å². The lowest BCUT2D eigenvalue weighted by Crippen LogP contribution is -2.48. The molecule has 0 spiro atoms. The number of rotatable bonds is 10. The number of hydrogen-bond donors (Lipinski definition) is 1. The van der Waals surface area contributed by atoms with Crippen LogP contribution in [0.4, 0.5) is 0 Å². The Morgan fingerprint density at radius 3 is 2.27 bits per heavy atom. The summed E-state index contributed by atoms with van der Waals surface area (Å²) in [5.41, 5.74) is 1.74. The molecule has 160 valence electrons. The van der Waals surface area contributed by atoms with E-state index in [-0.39, 0.29) is 12.3 Å². The Morgan fingerprint density at radius 2 is 1.63 bits per heavy atom. The van der Waals surface area contributed by atoms with Crippen LogP contribution in [-0.2, 0) is 27.2 Å². The summed E-state index contributed by atoms with van der Waals surface area (Å²) in [6.07, 6.45) is 0.598. The molecule has 7 heteroatoms. The fraction of sp³-hybridized carbons (Fsp3) is 0.348. The number of methoxy groups -OCH3 is 2. The van der Waals surface area contributed by atoms with Crippen LogP contribution in [0, 0.1) is 0 Å². The van der Waals surface area contributed by atoms with E-state index in [1.54, 1.807) is 33.3 Å². The van der Waals surface area contributed by atoms with E-state index < -0.39 is 17.7 Å². The molecule has 1 atom stereocenters. The molecule has 0 radical (unpaired) electrons. The van der Waals surface area contributed by atoms with Gasteiger partial charge in [0.05, 0.1) is 14.2 Å². The van der Waals surface area contributed by atoms with Gasteiger partial charge in [0, 0.05) is 20.0 Å². The Balaban J connectivity index is 1.85. The zero-order valence-corrected chi connectivity index (χ0v) is 17.8. The van der Waals surface area contributed by atoms with Gasteiger partial charge in [0.2, 0.25) is 11.7 Å². The molecule has 0 aliphatic carbocycles. The highest BCUT2D eigenvalue weighted by Gasteiger charge is 2.26. The quantitative estimate of drug-likeness (QED) is 0.604. The summed E-state index contributed by atoms with van der Waals surface area (Å²) in [4.78, 5) is 38.2. The van der Waals surface area contributed by atoms with Crippen LogP contribution in [0.1, 0.15) is 18.1 Å². The first-order chi connectivity index (χ1) is 14.4. The highest BCUT2D eigenvalue weighted by Crippen LogP contribution is 2.27. The molecule has 0 saturated carbocycles. The molecular formula is C23H28N2O5. The van der Waals surface area contributed by atoms with Crippen LogP contribution in [-0.4, -0.2) is 56.4 Å². The first-order valence-electron chi connectivity index (χ1n) is 9.70. The van der Waals surface area contributed by atoms with E-state index in [2.05, 4.69) is 5.32 Å². The molecule has 0 aliphatic rings. The number of nitrogens with one attached hydrogen (secondary N) is 1. The number of hydrogen-bond acceptors (Lipinski definition) is 5. The fourth-order valence-electron chi connectivity index (χ4n) is 2.92. The summed E-state index contributed by atoms with van der Waals surface area (Å²) < 4.78 is 10.5. The van der Waals surface area contributed by atoms with Gasteiger partial charge in [0.25, 0.3) is 5.91 Å². The van der Waals surface area contributed by atoms with Crippen molar-refractivity contribution in [1.29, 1.82) is 0 Å². The number of nitrogens with zero attached hydrogens (tertiary/aromatic N) is 1. The highest BCUT2D eigenvalue weighted by atomic mass is 16.5. The number of Topliss-reactive ketones (excluding diaryl/α,β-unsaturated/α-hetero) is 1. The number of carbonyl (C=O) groups excluding carboxylic acids is 3. The Hall–Kier alpha value is -3.35. The molecule has 7 nitrogen and oxygen atoms in total. The normalized spacial score (nSPS) is 11.3. The van der Waals surface area contributed by atoms with Crippen molar-refractivity contribution in [2.24, 2.45) is 0 Å². The molecule has 0 aromatic heterocycles. The summed E-state index contributed by atoms with van der Waals surface area (Å²) >= 11 is 0. The van der Waals surface area contributed by atoms with Gasteiger partial charge in [-0.25, -0.2) is 0 Å². The maximum absolute atomic E-state index is 12.4. The third-order valence-corrected chi connectivity index (χ3v) is 4.89. The molecule has 0 aliphatic heterocycles. The van der Waals surface area contributed by atoms with Crippen molar-refractivity contribution in [1.82, 2.24) is 10.2 Å². The monoisotopic (exact) mass is 412 g/mol. The average Bonchev–Trinajstić information content (AvgIpc) is 2.77. The van der Waals surface area contributed by atoms with Gasteiger partial charge < -0.3 is 19.7 Å². The van der Waals surface area contributed by atoms with Crippen LogP contribution in [0.3, 0.4) is 0 Å². The molecule has 0 heterocycles. The fourth-order valence-corrected chi connectivity index (χ4v) is 2.92. The number of carbonyl (C=O) groups is 3. The van der Waals surface area contributed by atoms with Crippen molar-refractivity contribution in [3.8, 4) is 11.5 Å². The van der Waals surface area contributed by atoms with Crippen LogP contribution >= 0.6 is 0 Å².